The molecule has 2 saturated heterocycles. The van der Waals surface area contributed by atoms with Crippen molar-refractivity contribution in [1.82, 2.24) is 9.80 Å². The summed E-state index contributed by atoms with van der Waals surface area (Å²) in [6.45, 7) is 3.70. The van der Waals surface area contributed by atoms with E-state index in [0.29, 0.717) is 24.8 Å². The van der Waals surface area contributed by atoms with Gasteiger partial charge in [-0.2, -0.15) is 11.8 Å². The van der Waals surface area contributed by atoms with E-state index < -0.39 is 5.97 Å². The van der Waals surface area contributed by atoms with Crippen LogP contribution in [0.3, 0.4) is 0 Å². The van der Waals surface area contributed by atoms with Gasteiger partial charge in [0.2, 0.25) is 5.91 Å². The zero-order valence-corrected chi connectivity index (χ0v) is 12.7. The molecule has 0 aromatic rings. The molecule has 5 nitrogen and oxygen atoms in total. The molecule has 2 rings (SSSR count). The molecule has 0 bridgehead atoms. The Bertz CT molecular complexity index is 337. The third-order valence-electron chi connectivity index (χ3n) is 4.17. The van der Waals surface area contributed by atoms with E-state index in [2.05, 4.69) is 4.90 Å². The van der Waals surface area contributed by atoms with Gasteiger partial charge in [-0.05, 0) is 30.3 Å². The maximum atomic E-state index is 12.2. The number of carboxylic acids is 1. The Morgan fingerprint density at radius 2 is 1.75 bits per heavy atom. The number of rotatable bonds is 5. The highest BCUT2D eigenvalue weighted by molar-refractivity contribution is 7.99. The molecule has 2 heterocycles. The van der Waals surface area contributed by atoms with Gasteiger partial charge in [0.15, 0.2) is 0 Å². The number of aliphatic carboxylic acids is 1. The van der Waals surface area contributed by atoms with Gasteiger partial charge in [0.25, 0.3) is 0 Å². The largest absolute Gasteiger partial charge is 0.481 e. The lowest BCUT2D eigenvalue weighted by Gasteiger charge is -2.35. The molecule has 0 aromatic carbocycles. The van der Waals surface area contributed by atoms with E-state index in [1.54, 1.807) is 0 Å². The number of hydrogen-bond acceptors (Lipinski definition) is 4. The van der Waals surface area contributed by atoms with Crippen molar-refractivity contribution in [2.24, 2.45) is 5.92 Å². The first kappa shape index (κ1) is 15.6. The van der Waals surface area contributed by atoms with Crippen LogP contribution in [-0.4, -0.2) is 71.0 Å². The predicted molar refractivity (Wildman–Crippen MR) is 79.9 cm³/mol. The normalized spacial score (nSPS) is 21.9. The summed E-state index contributed by atoms with van der Waals surface area (Å²) in [6, 6.07) is 0. The molecule has 6 heteroatoms. The van der Waals surface area contributed by atoms with Gasteiger partial charge < -0.3 is 10.0 Å². The lowest BCUT2D eigenvalue weighted by molar-refractivity contribution is -0.138. The first-order valence-electron chi connectivity index (χ1n) is 7.45. The van der Waals surface area contributed by atoms with Crippen molar-refractivity contribution in [2.45, 2.75) is 25.7 Å². The SMILES string of the molecule is O=C(O)CCN1CCN(C(=O)CC2CCSCC2)CC1. The van der Waals surface area contributed by atoms with Crippen molar-refractivity contribution in [3.63, 3.8) is 0 Å². The van der Waals surface area contributed by atoms with Crippen LogP contribution in [0, 0.1) is 5.92 Å². The Hall–Kier alpha value is -0.750. The van der Waals surface area contributed by atoms with Crippen LogP contribution in [0.15, 0.2) is 0 Å². The summed E-state index contributed by atoms with van der Waals surface area (Å²) in [6.07, 6.45) is 3.24. The molecule has 1 amide bonds. The molecule has 0 saturated carbocycles. The Morgan fingerprint density at radius 3 is 2.35 bits per heavy atom. The van der Waals surface area contributed by atoms with E-state index in [0.717, 1.165) is 26.2 Å². The number of piperazine rings is 1. The van der Waals surface area contributed by atoms with Crippen molar-refractivity contribution < 1.29 is 14.7 Å². The quantitative estimate of drug-likeness (QED) is 0.825. The fraction of sp³-hybridized carbons (Fsp3) is 0.857. The van der Waals surface area contributed by atoms with Crippen molar-refractivity contribution >= 4 is 23.6 Å². The van der Waals surface area contributed by atoms with Crippen LogP contribution in [0.4, 0.5) is 0 Å². The number of nitrogens with zero attached hydrogens (tertiary/aromatic N) is 2. The summed E-state index contributed by atoms with van der Waals surface area (Å²) in [7, 11) is 0. The van der Waals surface area contributed by atoms with Gasteiger partial charge in [-0.1, -0.05) is 0 Å². The Kier molecular flexibility index (Phi) is 6.16. The molecular formula is C14H24N2O3S. The van der Waals surface area contributed by atoms with Gasteiger partial charge in [-0.3, -0.25) is 14.5 Å². The molecule has 0 atom stereocenters. The zero-order chi connectivity index (χ0) is 14.4. The average molecular weight is 300 g/mol. The van der Waals surface area contributed by atoms with Crippen molar-refractivity contribution in [1.29, 1.82) is 0 Å². The minimum Gasteiger partial charge on any atom is -0.481 e. The summed E-state index contributed by atoms with van der Waals surface area (Å²) in [5.74, 6) is 2.51. The summed E-state index contributed by atoms with van der Waals surface area (Å²) in [5, 5.41) is 8.67. The maximum Gasteiger partial charge on any atom is 0.304 e. The third kappa shape index (κ3) is 4.98. The minimum atomic E-state index is -0.751. The van der Waals surface area contributed by atoms with Crippen LogP contribution in [0.1, 0.15) is 25.7 Å². The number of amides is 1. The molecule has 2 fully saturated rings. The van der Waals surface area contributed by atoms with Gasteiger partial charge in [0.1, 0.15) is 0 Å². The molecule has 20 heavy (non-hydrogen) atoms. The number of carbonyl (C=O) groups excluding carboxylic acids is 1. The van der Waals surface area contributed by atoms with Crippen LogP contribution < -0.4 is 0 Å². The first-order chi connectivity index (χ1) is 9.65. The highest BCUT2D eigenvalue weighted by Crippen LogP contribution is 2.26. The molecule has 0 radical (unpaired) electrons. The first-order valence-corrected chi connectivity index (χ1v) is 8.60. The van der Waals surface area contributed by atoms with Crippen LogP contribution in [0.25, 0.3) is 0 Å². The van der Waals surface area contributed by atoms with E-state index in [9.17, 15) is 9.59 Å². The van der Waals surface area contributed by atoms with Crippen LogP contribution >= 0.6 is 11.8 Å². The number of thioether (sulfide) groups is 1. The standard InChI is InChI=1S/C14H24N2O3S/c17-13(11-12-2-9-20-10-3-12)16-7-5-15(6-8-16)4-1-14(18)19/h12H,1-11H2,(H,18,19). The van der Waals surface area contributed by atoms with Gasteiger partial charge in [0.05, 0.1) is 6.42 Å². The van der Waals surface area contributed by atoms with Crippen LogP contribution in [0.5, 0.6) is 0 Å². The average Bonchev–Trinajstić information content (AvgIpc) is 2.46. The molecular weight excluding hydrogens is 276 g/mol. The second-order valence-corrected chi connectivity index (χ2v) is 6.85. The van der Waals surface area contributed by atoms with E-state index >= 15 is 0 Å². The number of carboxylic acid groups (broad SMARTS) is 1. The molecule has 2 aliphatic heterocycles. The monoisotopic (exact) mass is 300 g/mol. The van der Waals surface area contributed by atoms with Gasteiger partial charge in [-0.15, -0.1) is 0 Å². The second-order valence-electron chi connectivity index (χ2n) is 5.63. The van der Waals surface area contributed by atoms with Crippen LogP contribution in [-0.2, 0) is 9.59 Å². The highest BCUT2D eigenvalue weighted by atomic mass is 32.2. The van der Waals surface area contributed by atoms with Gasteiger partial charge in [-0.25, -0.2) is 0 Å². The van der Waals surface area contributed by atoms with Crippen molar-refractivity contribution in [3.05, 3.63) is 0 Å². The summed E-state index contributed by atoms with van der Waals surface area (Å²) in [4.78, 5) is 26.9. The third-order valence-corrected chi connectivity index (χ3v) is 5.22. The van der Waals surface area contributed by atoms with Crippen LogP contribution in [0.2, 0.25) is 0 Å². The van der Waals surface area contributed by atoms with Crippen molar-refractivity contribution in [2.75, 3.05) is 44.2 Å². The Balaban J connectivity index is 1.67. The van der Waals surface area contributed by atoms with E-state index in [-0.39, 0.29) is 6.42 Å². The molecule has 1 N–H and O–H groups in total. The van der Waals surface area contributed by atoms with Crippen molar-refractivity contribution in [3.8, 4) is 0 Å². The molecule has 0 aliphatic carbocycles. The molecule has 114 valence electrons. The summed E-state index contributed by atoms with van der Waals surface area (Å²) >= 11 is 1.99. The summed E-state index contributed by atoms with van der Waals surface area (Å²) < 4.78 is 0. The fourth-order valence-electron chi connectivity index (χ4n) is 2.80. The minimum absolute atomic E-state index is 0.188. The fourth-order valence-corrected chi connectivity index (χ4v) is 4.01. The van der Waals surface area contributed by atoms with E-state index in [1.807, 2.05) is 16.7 Å². The van der Waals surface area contributed by atoms with E-state index in [1.165, 1.54) is 24.3 Å². The smallest absolute Gasteiger partial charge is 0.304 e. The second kappa shape index (κ2) is 7.88. The lowest BCUT2D eigenvalue weighted by Crippen LogP contribution is -2.49. The topological polar surface area (TPSA) is 60.9 Å². The maximum absolute atomic E-state index is 12.2. The predicted octanol–water partition coefficient (Wildman–Crippen LogP) is 1.14. The highest BCUT2D eigenvalue weighted by Gasteiger charge is 2.24. The molecule has 2 aliphatic rings. The number of hydrogen-bond donors (Lipinski definition) is 1. The van der Waals surface area contributed by atoms with Gasteiger partial charge >= 0.3 is 5.97 Å². The Labute approximate surface area is 124 Å². The Morgan fingerprint density at radius 1 is 1.10 bits per heavy atom. The molecule has 0 aromatic heterocycles. The van der Waals surface area contributed by atoms with E-state index in [4.69, 9.17) is 5.11 Å². The zero-order valence-electron chi connectivity index (χ0n) is 11.9. The molecule has 0 spiro atoms. The van der Waals surface area contributed by atoms with Gasteiger partial charge in [0, 0.05) is 39.1 Å². The summed E-state index contributed by atoms with van der Waals surface area (Å²) in [5.41, 5.74) is 0. The number of carbonyl (C=O) groups is 2. The molecule has 0 unspecified atom stereocenters. The lowest BCUT2D eigenvalue weighted by atomic mass is 9.98.